The molecule has 2 atom stereocenters. The highest BCUT2D eigenvalue weighted by atomic mass is 79.9. The van der Waals surface area contributed by atoms with E-state index in [2.05, 4.69) is 45.5 Å². The number of fused-ring (bicyclic) bond motifs is 1. The lowest BCUT2D eigenvalue weighted by Gasteiger charge is -2.37. The van der Waals surface area contributed by atoms with Crippen LogP contribution in [0.1, 0.15) is 28.7 Å². The fraction of sp³-hybridized carbons (Fsp3) is 0.294. The summed E-state index contributed by atoms with van der Waals surface area (Å²) in [4.78, 5) is 0. The fourth-order valence-corrected chi connectivity index (χ4v) is 4.19. The Morgan fingerprint density at radius 1 is 1.33 bits per heavy atom. The predicted octanol–water partition coefficient (Wildman–Crippen LogP) is 4.71. The zero-order valence-electron chi connectivity index (χ0n) is 12.0. The number of ether oxygens (including phenoxy) is 1. The topological polar surface area (TPSA) is 21.3 Å². The van der Waals surface area contributed by atoms with Crippen molar-refractivity contribution in [2.24, 2.45) is 0 Å². The molecule has 21 heavy (non-hydrogen) atoms. The molecule has 1 aliphatic rings. The predicted molar refractivity (Wildman–Crippen MR) is 90.4 cm³/mol. The first-order valence-electron chi connectivity index (χ1n) is 6.93. The lowest BCUT2D eigenvalue weighted by atomic mass is 9.71. The molecule has 0 heterocycles. The van der Waals surface area contributed by atoms with Crippen molar-refractivity contribution in [1.29, 1.82) is 0 Å². The van der Waals surface area contributed by atoms with Gasteiger partial charge in [-0.2, -0.15) is 0 Å². The first-order valence-corrected chi connectivity index (χ1v) is 8.10. The van der Waals surface area contributed by atoms with Crippen molar-refractivity contribution in [3.63, 3.8) is 0 Å². The summed E-state index contributed by atoms with van der Waals surface area (Å²) in [5.41, 5.74) is 3.94. The number of hydrogen-bond donors (Lipinski definition) is 1. The Hall–Kier alpha value is -1.03. The van der Waals surface area contributed by atoms with Gasteiger partial charge in [-0.25, -0.2) is 0 Å². The molecule has 1 N–H and O–H groups in total. The summed E-state index contributed by atoms with van der Waals surface area (Å²) in [6, 6.07) is 12.6. The Morgan fingerprint density at radius 3 is 2.76 bits per heavy atom. The van der Waals surface area contributed by atoms with E-state index in [0.717, 1.165) is 22.2 Å². The molecular weight excluding hydrogens is 350 g/mol. The van der Waals surface area contributed by atoms with Crippen LogP contribution in [0.3, 0.4) is 0 Å². The van der Waals surface area contributed by atoms with Gasteiger partial charge in [-0.15, -0.1) is 0 Å². The molecule has 2 unspecified atom stereocenters. The normalized spacial score (nSPS) is 17.8. The van der Waals surface area contributed by atoms with Gasteiger partial charge in [-0.3, -0.25) is 0 Å². The van der Waals surface area contributed by atoms with Gasteiger partial charge >= 0.3 is 0 Å². The number of likely N-dealkylation sites (N-methyl/N-ethyl adjacent to an activating group) is 1. The number of methoxy groups -OCH3 is 1. The molecule has 4 heteroatoms. The molecule has 0 fully saturated rings. The second-order valence-corrected chi connectivity index (χ2v) is 6.58. The van der Waals surface area contributed by atoms with Crippen molar-refractivity contribution in [3.05, 3.63) is 62.6 Å². The summed E-state index contributed by atoms with van der Waals surface area (Å²) in [6.45, 7) is 0. The van der Waals surface area contributed by atoms with E-state index in [4.69, 9.17) is 16.3 Å². The van der Waals surface area contributed by atoms with Gasteiger partial charge < -0.3 is 10.1 Å². The Balaban J connectivity index is 2.03. The molecule has 0 radical (unpaired) electrons. The van der Waals surface area contributed by atoms with Gasteiger partial charge in [0.1, 0.15) is 5.75 Å². The van der Waals surface area contributed by atoms with E-state index in [-0.39, 0.29) is 6.04 Å². The van der Waals surface area contributed by atoms with Gasteiger partial charge in [0.05, 0.1) is 11.6 Å². The minimum absolute atomic E-state index is 0.185. The van der Waals surface area contributed by atoms with Crippen LogP contribution in [0.4, 0.5) is 0 Å². The van der Waals surface area contributed by atoms with Crippen molar-refractivity contribution in [1.82, 2.24) is 5.32 Å². The summed E-state index contributed by atoms with van der Waals surface area (Å²) in [5.74, 6) is 1.30. The number of hydrogen-bond acceptors (Lipinski definition) is 2. The van der Waals surface area contributed by atoms with Gasteiger partial charge in [0.2, 0.25) is 0 Å². The number of rotatable bonds is 4. The molecule has 2 aromatic rings. The van der Waals surface area contributed by atoms with E-state index in [9.17, 15) is 0 Å². The number of benzene rings is 2. The number of nitrogens with one attached hydrogen (secondary N) is 1. The Labute approximate surface area is 138 Å². The van der Waals surface area contributed by atoms with Crippen LogP contribution in [0.5, 0.6) is 5.75 Å². The van der Waals surface area contributed by atoms with Gasteiger partial charge in [-0.1, -0.05) is 35.9 Å². The summed E-state index contributed by atoms with van der Waals surface area (Å²) < 4.78 is 6.46. The first-order chi connectivity index (χ1) is 10.2. The largest absolute Gasteiger partial charge is 0.495 e. The van der Waals surface area contributed by atoms with Crippen LogP contribution in [-0.4, -0.2) is 14.2 Å². The molecule has 1 aliphatic carbocycles. The smallest absolute Gasteiger partial charge is 0.137 e. The van der Waals surface area contributed by atoms with Crippen LogP contribution in [-0.2, 0) is 6.42 Å². The zero-order valence-corrected chi connectivity index (χ0v) is 14.3. The standard InChI is InChI=1S/C17H17BrClNO/c1-20-16(13-7-10-5-3-4-6-12(10)13)14-8-11(19)9-15(18)17(14)21-2/h3-6,8-9,13,16,20H,7H2,1-2H3. The third kappa shape index (κ3) is 2.59. The third-order valence-corrected chi connectivity index (χ3v) is 4.99. The average Bonchev–Trinajstić information content (AvgIpc) is 2.44. The Kier molecular flexibility index (Phi) is 4.25. The summed E-state index contributed by atoms with van der Waals surface area (Å²) >= 11 is 9.77. The SMILES string of the molecule is CNC(c1cc(Cl)cc(Br)c1OC)C1Cc2ccccc21. The van der Waals surface area contributed by atoms with E-state index >= 15 is 0 Å². The van der Waals surface area contributed by atoms with Crippen LogP contribution >= 0.6 is 27.5 Å². The van der Waals surface area contributed by atoms with Crippen molar-refractivity contribution >= 4 is 27.5 Å². The molecule has 110 valence electrons. The second-order valence-electron chi connectivity index (χ2n) is 5.29. The minimum Gasteiger partial charge on any atom is -0.495 e. The highest BCUT2D eigenvalue weighted by Crippen LogP contribution is 2.47. The lowest BCUT2D eigenvalue weighted by Crippen LogP contribution is -2.31. The van der Waals surface area contributed by atoms with Gasteiger partial charge in [0.15, 0.2) is 0 Å². The van der Waals surface area contributed by atoms with Crippen LogP contribution in [0.25, 0.3) is 0 Å². The zero-order chi connectivity index (χ0) is 15.0. The Morgan fingerprint density at radius 2 is 2.10 bits per heavy atom. The number of halogens is 2. The minimum atomic E-state index is 0.185. The van der Waals surface area contributed by atoms with Crippen molar-refractivity contribution in [2.75, 3.05) is 14.2 Å². The van der Waals surface area contributed by atoms with Crippen LogP contribution in [0.15, 0.2) is 40.9 Å². The van der Waals surface area contributed by atoms with Crippen molar-refractivity contribution < 1.29 is 4.74 Å². The molecule has 0 aliphatic heterocycles. The monoisotopic (exact) mass is 365 g/mol. The molecule has 2 nitrogen and oxygen atoms in total. The van der Waals surface area contributed by atoms with E-state index in [1.807, 2.05) is 19.2 Å². The van der Waals surface area contributed by atoms with Gasteiger partial charge in [0.25, 0.3) is 0 Å². The second kappa shape index (κ2) is 5.99. The fourth-order valence-electron chi connectivity index (χ4n) is 3.20. The quantitative estimate of drug-likeness (QED) is 0.846. The average molecular weight is 367 g/mol. The van der Waals surface area contributed by atoms with Gasteiger partial charge in [-0.05, 0) is 52.7 Å². The summed E-state index contributed by atoms with van der Waals surface area (Å²) in [7, 11) is 3.68. The van der Waals surface area contributed by atoms with Crippen molar-refractivity contribution in [2.45, 2.75) is 18.4 Å². The molecular formula is C17H17BrClNO. The maximum Gasteiger partial charge on any atom is 0.137 e. The van der Waals surface area contributed by atoms with Crippen molar-refractivity contribution in [3.8, 4) is 5.75 Å². The molecule has 2 aromatic carbocycles. The van der Waals surface area contributed by atoms with E-state index in [1.54, 1.807) is 7.11 Å². The Bertz CT molecular complexity index is 674. The maximum absolute atomic E-state index is 6.23. The van der Waals surface area contributed by atoms with Crippen LogP contribution in [0, 0.1) is 0 Å². The third-order valence-electron chi connectivity index (χ3n) is 4.18. The first kappa shape index (κ1) is 14.9. The summed E-state index contributed by atoms with van der Waals surface area (Å²) in [5, 5.41) is 4.14. The highest BCUT2D eigenvalue weighted by molar-refractivity contribution is 9.10. The molecule has 0 bridgehead atoms. The van der Waals surface area contributed by atoms with Gasteiger partial charge in [0, 0.05) is 22.5 Å². The maximum atomic E-state index is 6.23. The van der Waals surface area contributed by atoms with E-state index < -0.39 is 0 Å². The lowest BCUT2D eigenvalue weighted by molar-refractivity contribution is 0.380. The van der Waals surface area contributed by atoms with E-state index in [1.165, 1.54) is 11.1 Å². The molecule has 0 saturated heterocycles. The van der Waals surface area contributed by atoms with Crippen LogP contribution < -0.4 is 10.1 Å². The molecule has 3 rings (SSSR count). The van der Waals surface area contributed by atoms with Crippen LogP contribution in [0.2, 0.25) is 5.02 Å². The molecule has 0 saturated carbocycles. The molecule has 0 amide bonds. The summed E-state index contributed by atoms with van der Waals surface area (Å²) in [6.07, 6.45) is 1.08. The van der Waals surface area contributed by atoms with E-state index in [0.29, 0.717) is 10.9 Å². The molecule has 0 aromatic heterocycles. The highest BCUT2D eigenvalue weighted by Gasteiger charge is 2.34. The molecule has 0 spiro atoms.